The molecule has 4 N–H and O–H groups in total. The largest absolute Gasteiger partial charge is 0.493 e. The maximum atomic E-state index is 13.2. The van der Waals surface area contributed by atoms with E-state index in [9.17, 15) is 14.3 Å². The molecule has 0 radical (unpaired) electrons. The van der Waals surface area contributed by atoms with Crippen LogP contribution in [0.2, 0.25) is 0 Å². The van der Waals surface area contributed by atoms with Crippen LogP contribution in [0.15, 0.2) is 29.1 Å². The summed E-state index contributed by atoms with van der Waals surface area (Å²) in [4.78, 5) is 18.4. The summed E-state index contributed by atoms with van der Waals surface area (Å²) >= 11 is 0. The summed E-state index contributed by atoms with van der Waals surface area (Å²) < 4.78 is 13.2. The second-order valence-corrected chi connectivity index (χ2v) is 4.85. The molecule has 0 spiro atoms. The smallest absolute Gasteiger partial charge is 0.262 e. The van der Waals surface area contributed by atoms with Crippen LogP contribution in [0.25, 0.3) is 11.1 Å². The molecule has 1 aromatic heterocycles. The maximum Gasteiger partial charge on any atom is 0.262 e. The van der Waals surface area contributed by atoms with E-state index in [4.69, 9.17) is 5.73 Å². The van der Waals surface area contributed by atoms with E-state index in [1.165, 1.54) is 18.2 Å². The van der Waals surface area contributed by atoms with Crippen LogP contribution in [-0.2, 0) is 5.54 Å². The van der Waals surface area contributed by atoms with Crippen molar-refractivity contribution in [2.24, 2.45) is 5.73 Å². The molecule has 6 heteroatoms. The predicted octanol–water partition coefficient (Wildman–Crippen LogP) is 1.48. The molecule has 0 aliphatic rings. The van der Waals surface area contributed by atoms with Crippen molar-refractivity contribution in [3.8, 4) is 17.0 Å². The van der Waals surface area contributed by atoms with Gasteiger partial charge in [0.25, 0.3) is 5.56 Å². The molecule has 0 bridgehead atoms. The number of aromatic amines is 1. The summed E-state index contributed by atoms with van der Waals surface area (Å²) in [6.45, 7) is 3.29. The minimum atomic E-state index is -0.892. The minimum Gasteiger partial charge on any atom is -0.493 e. The van der Waals surface area contributed by atoms with Gasteiger partial charge in [0, 0.05) is 0 Å². The number of H-pyrrole nitrogens is 1. The highest BCUT2D eigenvalue weighted by Crippen LogP contribution is 2.25. The van der Waals surface area contributed by atoms with E-state index in [2.05, 4.69) is 9.97 Å². The molecule has 2 aromatic rings. The predicted molar refractivity (Wildman–Crippen MR) is 69.1 cm³/mol. The van der Waals surface area contributed by atoms with Gasteiger partial charge in [-0.15, -0.1) is 0 Å². The molecule has 0 aliphatic carbocycles. The number of nitrogens with two attached hydrogens (primary N) is 1. The van der Waals surface area contributed by atoms with Gasteiger partial charge in [-0.05, 0) is 31.5 Å². The van der Waals surface area contributed by atoms with Gasteiger partial charge in [-0.3, -0.25) is 4.79 Å². The number of aromatic hydroxyl groups is 1. The van der Waals surface area contributed by atoms with Crippen LogP contribution >= 0.6 is 0 Å². The van der Waals surface area contributed by atoms with E-state index >= 15 is 0 Å². The quantitative estimate of drug-likeness (QED) is 0.765. The summed E-state index contributed by atoms with van der Waals surface area (Å²) in [7, 11) is 0. The van der Waals surface area contributed by atoms with Crippen molar-refractivity contribution < 1.29 is 9.50 Å². The first-order chi connectivity index (χ1) is 8.79. The zero-order valence-electron chi connectivity index (χ0n) is 10.6. The van der Waals surface area contributed by atoms with Gasteiger partial charge in [0.15, 0.2) is 0 Å². The molecule has 0 unspecified atom stereocenters. The van der Waals surface area contributed by atoms with E-state index in [-0.39, 0.29) is 17.0 Å². The lowest BCUT2D eigenvalue weighted by Crippen LogP contribution is -2.33. The van der Waals surface area contributed by atoms with Crippen LogP contribution < -0.4 is 11.3 Å². The Morgan fingerprint density at radius 1 is 1.42 bits per heavy atom. The average Bonchev–Trinajstić information content (AvgIpc) is 2.26. The number of rotatable bonds is 2. The highest BCUT2D eigenvalue weighted by atomic mass is 19.1. The van der Waals surface area contributed by atoms with Gasteiger partial charge in [0.1, 0.15) is 17.2 Å². The second kappa shape index (κ2) is 4.47. The van der Waals surface area contributed by atoms with Crippen molar-refractivity contribution in [2.45, 2.75) is 19.4 Å². The van der Waals surface area contributed by atoms with Crippen molar-refractivity contribution >= 4 is 0 Å². The molecular formula is C13H14FN3O2. The van der Waals surface area contributed by atoms with Crippen LogP contribution in [0, 0.1) is 5.82 Å². The summed E-state index contributed by atoms with van der Waals surface area (Å²) in [5.74, 6) is -0.808. The Bertz CT molecular complexity index is 674. The summed E-state index contributed by atoms with van der Waals surface area (Å²) in [5, 5.41) is 9.87. The fourth-order valence-electron chi connectivity index (χ4n) is 1.67. The molecule has 0 fully saturated rings. The Morgan fingerprint density at radius 3 is 2.63 bits per heavy atom. The zero-order valence-corrected chi connectivity index (χ0v) is 10.6. The fraction of sp³-hybridized carbons (Fsp3) is 0.231. The first-order valence-electron chi connectivity index (χ1n) is 5.67. The first-order valence-corrected chi connectivity index (χ1v) is 5.67. The van der Waals surface area contributed by atoms with Crippen molar-refractivity contribution in [1.82, 2.24) is 9.97 Å². The molecule has 0 atom stereocenters. The van der Waals surface area contributed by atoms with Crippen LogP contribution in [0.4, 0.5) is 4.39 Å². The topological polar surface area (TPSA) is 92.0 Å². The molecule has 2 rings (SSSR count). The third-order valence-electron chi connectivity index (χ3n) is 2.62. The zero-order chi connectivity index (χ0) is 14.2. The van der Waals surface area contributed by atoms with E-state index in [1.54, 1.807) is 13.8 Å². The van der Waals surface area contributed by atoms with Gasteiger partial charge < -0.3 is 15.8 Å². The minimum absolute atomic E-state index is 0.0764. The number of hydrogen-bond donors (Lipinski definition) is 3. The van der Waals surface area contributed by atoms with Crippen molar-refractivity contribution in [3.63, 3.8) is 0 Å². The number of benzene rings is 1. The summed E-state index contributed by atoms with van der Waals surface area (Å²) in [6, 6.07) is 5.37. The van der Waals surface area contributed by atoms with E-state index < -0.39 is 22.8 Å². The number of nitrogens with zero attached hydrogens (tertiary/aromatic N) is 1. The molecular weight excluding hydrogens is 249 g/mol. The molecule has 100 valence electrons. The highest BCUT2D eigenvalue weighted by Gasteiger charge is 2.21. The molecule has 1 heterocycles. The normalized spacial score (nSPS) is 11.6. The lowest BCUT2D eigenvalue weighted by Gasteiger charge is -2.17. The lowest BCUT2D eigenvalue weighted by atomic mass is 10.0. The van der Waals surface area contributed by atoms with E-state index in [0.29, 0.717) is 0 Å². The summed E-state index contributed by atoms with van der Waals surface area (Å²) in [5.41, 5.74) is 4.53. The fourth-order valence-corrected chi connectivity index (χ4v) is 1.67. The lowest BCUT2D eigenvalue weighted by molar-refractivity contribution is 0.432. The number of aromatic nitrogens is 2. The number of halogens is 1. The first kappa shape index (κ1) is 13.2. The standard InChI is InChI=1S/C13H14FN3O2/c1-13(2,15)12-16-10(18)9(11(19)17-12)7-4-3-5-8(14)6-7/h3-6H,15H2,1-2H3,(H2,16,17,18,19). The Hall–Kier alpha value is -2.21. The van der Waals surface area contributed by atoms with Gasteiger partial charge in [-0.2, -0.15) is 4.98 Å². The van der Waals surface area contributed by atoms with E-state index in [1.807, 2.05) is 0 Å². The average molecular weight is 263 g/mol. The molecule has 5 nitrogen and oxygen atoms in total. The van der Waals surface area contributed by atoms with E-state index in [0.717, 1.165) is 6.07 Å². The Kier molecular flexibility index (Phi) is 3.11. The van der Waals surface area contributed by atoms with Gasteiger partial charge in [-0.25, -0.2) is 4.39 Å². The number of hydrogen-bond acceptors (Lipinski definition) is 4. The monoisotopic (exact) mass is 263 g/mol. The Balaban J connectivity index is 2.64. The van der Waals surface area contributed by atoms with Gasteiger partial charge >= 0.3 is 0 Å². The summed E-state index contributed by atoms with van der Waals surface area (Å²) in [6.07, 6.45) is 0. The highest BCUT2D eigenvalue weighted by molar-refractivity contribution is 5.67. The Labute approximate surface area is 108 Å². The van der Waals surface area contributed by atoms with Gasteiger partial charge in [-0.1, -0.05) is 12.1 Å². The Morgan fingerprint density at radius 2 is 2.11 bits per heavy atom. The third-order valence-corrected chi connectivity index (χ3v) is 2.62. The van der Waals surface area contributed by atoms with Crippen LogP contribution in [0.3, 0.4) is 0 Å². The second-order valence-electron chi connectivity index (χ2n) is 4.85. The molecule has 1 aromatic carbocycles. The van der Waals surface area contributed by atoms with Crippen molar-refractivity contribution in [1.29, 1.82) is 0 Å². The SMILES string of the molecule is CC(C)(N)c1nc(O)c(-c2cccc(F)c2)c(=O)[nH]1. The maximum absolute atomic E-state index is 13.2. The van der Waals surface area contributed by atoms with Crippen LogP contribution in [0.1, 0.15) is 19.7 Å². The molecule has 0 saturated heterocycles. The van der Waals surface area contributed by atoms with Crippen molar-refractivity contribution in [2.75, 3.05) is 0 Å². The molecule has 19 heavy (non-hydrogen) atoms. The number of nitrogens with one attached hydrogen (secondary N) is 1. The molecule has 0 aliphatic heterocycles. The molecule has 0 saturated carbocycles. The third kappa shape index (κ3) is 2.63. The van der Waals surface area contributed by atoms with Crippen molar-refractivity contribution in [3.05, 3.63) is 46.3 Å². The van der Waals surface area contributed by atoms with Gasteiger partial charge in [0.05, 0.1) is 5.54 Å². The van der Waals surface area contributed by atoms with Crippen LogP contribution in [0.5, 0.6) is 5.88 Å². The molecule has 0 amide bonds. The van der Waals surface area contributed by atoms with Gasteiger partial charge in [0.2, 0.25) is 5.88 Å². The van der Waals surface area contributed by atoms with Crippen LogP contribution in [-0.4, -0.2) is 15.1 Å².